The van der Waals surface area contributed by atoms with E-state index in [2.05, 4.69) is 33.4 Å². The highest BCUT2D eigenvalue weighted by Gasteiger charge is 2.17. The van der Waals surface area contributed by atoms with Crippen molar-refractivity contribution in [2.75, 3.05) is 19.1 Å². The van der Waals surface area contributed by atoms with Crippen LogP contribution in [-0.2, 0) is 0 Å². The molecule has 0 saturated heterocycles. The summed E-state index contributed by atoms with van der Waals surface area (Å²) in [6.45, 7) is 0. The number of fused-ring (bicyclic) bond motifs is 2. The fourth-order valence-corrected chi connectivity index (χ4v) is 4.26. The van der Waals surface area contributed by atoms with Gasteiger partial charge in [-0.15, -0.1) is 5.10 Å². The summed E-state index contributed by atoms with van der Waals surface area (Å²) in [7, 11) is 3.56. The van der Waals surface area contributed by atoms with Gasteiger partial charge in [-0.25, -0.2) is 9.97 Å². The van der Waals surface area contributed by atoms with Gasteiger partial charge in [0.25, 0.3) is 5.95 Å². The van der Waals surface area contributed by atoms with Gasteiger partial charge in [0.1, 0.15) is 5.75 Å². The van der Waals surface area contributed by atoms with Gasteiger partial charge < -0.3 is 4.74 Å². The molecular formula is C22H17N5OS. The van der Waals surface area contributed by atoms with Crippen molar-refractivity contribution in [1.29, 1.82) is 0 Å². The molecule has 0 N–H and O–H groups in total. The molecule has 0 aliphatic rings. The minimum atomic E-state index is 0.483. The van der Waals surface area contributed by atoms with E-state index >= 15 is 0 Å². The predicted molar refractivity (Wildman–Crippen MR) is 117 cm³/mol. The summed E-state index contributed by atoms with van der Waals surface area (Å²) in [6.07, 6.45) is 1.67. The smallest absolute Gasteiger partial charge is 0.251 e. The molecule has 6 nitrogen and oxygen atoms in total. The van der Waals surface area contributed by atoms with E-state index in [-0.39, 0.29) is 0 Å². The maximum atomic E-state index is 5.62. The first-order valence-electron chi connectivity index (χ1n) is 9.10. The van der Waals surface area contributed by atoms with E-state index in [1.165, 1.54) is 0 Å². The standard InChI is InChI=1S/C22H17N5OS/c1-27(22-25-16-9-5-6-10-19(16)29-22)21-24-17(13-23-26-21)20-15-8-4-3-7-14(15)11-12-18(20)28-2/h3-13H,1-2H3. The van der Waals surface area contributed by atoms with Crippen LogP contribution in [0, 0.1) is 0 Å². The van der Waals surface area contributed by atoms with Crippen molar-refractivity contribution in [2.24, 2.45) is 0 Å². The van der Waals surface area contributed by atoms with Crippen LogP contribution >= 0.6 is 11.3 Å². The Bertz CT molecular complexity index is 1300. The fraction of sp³-hybridized carbons (Fsp3) is 0.0909. The lowest BCUT2D eigenvalue weighted by Crippen LogP contribution is -2.14. The number of hydrogen-bond donors (Lipinski definition) is 0. The monoisotopic (exact) mass is 399 g/mol. The third-order valence-electron chi connectivity index (χ3n) is 4.78. The largest absolute Gasteiger partial charge is 0.496 e. The van der Waals surface area contributed by atoms with Crippen LogP contribution < -0.4 is 9.64 Å². The van der Waals surface area contributed by atoms with Crippen LogP contribution in [0.15, 0.2) is 66.9 Å². The van der Waals surface area contributed by atoms with Gasteiger partial charge in [0.05, 0.1) is 34.8 Å². The van der Waals surface area contributed by atoms with Gasteiger partial charge in [0, 0.05) is 7.05 Å². The van der Waals surface area contributed by atoms with Gasteiger partial charge in [0.2, 0.25) is 0 Å². The molecule has 3 aromatic carbocycles. The third-order valence-corrected chi connectivity index (χ3v) is 5.90. The molecule has 7 heteroatoms. The Morgan fingerprint density at radius 3 is 2.62 bits per heavy atom. The molecule has 5 rings (SSSR count). The summed E-state index contributed by atoms with van der Waals surface area (Å²) >= 11 is 1.59. The molecule has 0 saturated carbocycles. The number of methoxy groups -OCH3 is 1. The zero-order chi connectivity index (χ0) is 19.8. The molecule has 0 aliphatic heterocycles. The summed E-state index contributed by atoms with van der Waals surface area (Å²) in [6, 6.07) is 20.2. The van der Waals surface area contributed by atoms with Crippen molar-refractivity contribution in [3.8, 4) is 17.0 Å². The van der Waals surface area contributed by atoms with Crippen molar-refractivity contribution >= 4 is 43.4 Å². The molecule has 0 radical (unpaired) electrons. The lowest BCUT2D eigenvalue weighted by atomic mass is 10.0. The molecule has 0 spiro atoms. The summed E-state index contributed by atoms with van der Waals surface area (Å²) < 4.78 is 6.74. The highest BCUT2D eigenvalue weighted by molar-refractivity contribution is 7.22. The molecule has 29 heavy (non-hydrogen) atoms. The van der Waals surface area contributed by atoms with Gasteiger partial charge >= 0.3 is 0 Å². The average molecular weight is 399 g/mol. The zero-order valence-electron chi connectivity index (χ0n) is 15.9. The Labute approximate surface area is 171 Å². The summed E-state index contributed by atoms with van der Waals surface area (Å²) in [5.74, 6) is 1.23. The lowest BCUT2D eigenvalue weighted by molar-refractivity contribution is 0.417. The SMILES string of the molecule is COc1ccc2ccccc2c1-c1cnnc(N(C)c2nc3ccccc3s2)n1. The van der Waals surface area contributed by atoms with Crippen LogP contribution in [0.4, 0.5) is 11.1 Å². The lowest BCUT2D eigenvalue weighted by Gasteiger charge is -2.15. The van der Waals surface area contributed by atoms with Crippen molar-refractivity contribution in [2.45, 2.75) is 0 Å². The predicted octanol–water partition coefficient (Wildman–Crippen LogP) is 5.08. The highest BCUT2D eigenvalue weighted by Crippen LogP contribution is 2.37. The van der Waals surface area contributed by atoms with Gasteiger partial charge in [-0.1, -0.05) is 53.8 Å². The zero-order valence-corrected chi connectivity index (χ0v) is 16.7. The third kappa shape index (κ3) is 3.05. The Morgan fingerprint density at radius 2 is 1.76 bits per heavy atom. The van der Waals surface area contributed by atoms with Crippen molar-refractivity contribution in [3.63, 3.8) is 0 Å². The van der Waals surface area contributed by atoms with Crippen LogP contribution in [0.2, 0.25) is 0 Å². The summed E-state index contributed by atoms with van der Waals surface area (Å²) in [5, 5.41) is 11.4. The number of benzene rings is 3. The van der Waals surface area contributed by atoms with Crippen LogP contribution in [0.3, 0.4) is 0 Å². The van der Waals surface area contributed by atoms with E-state index in [4.69, 9.17) is 9.72 Å². The van der Waals surface area contributed by atoms with Crippen molar-refractivity contribution in [3.05, 3.63) is 66.9 Å². The van der Waals surface area contributed by atoms with Gasteiger partial charge in [-0.05, 0) is 29.0 Å². The molecule has 2 aromatic heterocycles. The topological polar surface area (TPSA) is 64.0 Å². The Morgan fingerprint density at radius 1 is 0.931 bits per heavy atom. The van der Waals surface area contributed by atoms with Crippen LogP contribution in [0.25, 0.3) is 32.2 Å². The molecular weight excluding hydrogens is 382 g/mol. The minimum absolute atomic E-state index is 0.483. The van der Waals surface area contributed by atoms with E-state index in [0.717, 1.165) is 37.4 Å². The minimum Gasteiger partial charge on any atom is -0.496 e. The first-order valence-corrected chi connectivity index (χ1v) is 9.91. The van der Waals surface area contributed by atoms with Crippen LogP contribution in [0.1, 0.15) is 0 Å². The van der Waals surface area contributed by atoms with E-state index in [1.54, 1.807) is 24.6 Å². The fourth-order valence-electron chi connectivity index (χ4n) is 3.33. The Balaban J connectivity index is 1.63. The van der Waals surface area contributed by atoms with Gasteiger partial charge in [-0.2, -0.15) is 5.10 Å². The second-order valence-electron chi connectivity index (χ2n) is 6.53. The first kappa shape index (κ1) is 17.5. The highest BCUT2D eigenvalue weighted by atomic mass is 32.1. The molecule has 0 aliphatic carbocycles. The number of anilines is 2. The maximum Gasteiger partial charge on any atom is 0.251 e. The number of nitrogens with zero attached hydrogens (tertiary/aromatic N) is 5. The van der Waals surface area contributed by atoms with Gasteiger partial charge in [0.15, 0.2) is 5.13 Å². The number of thiazole rings is 1. The van der Waals surface area contributed by atoms with E-state index in [0.29, 0.717) is 11.6 Å². The second-order valence-corrected chi connectivity index (χ2v) is 7.54. The van der Waals surface area contributed by atoms with Gasteiger partial charge in [-0.3, -0.25) is 4.90 Å². The molecule has 0 unspecified atom stereocenters. The molecule has 2 heterocycles. The normalized spacial score (nSPS) is 11.1. The summed E-state index contributed by atoms with van der Waals surface area (Å²) in [4.78, 5) is 11.3. The summed E-state index contributed by atoms with van der Waals surface area (Å²) in [5.41, 5.74) is 2.57. The van der Waals surface area contributed by atoms with Crippen LogP contribution in [0.5, 0.6) is 5.75 Å². The molecule has 0 fully saturated rings. The Kier molecular flexibility index (Phi) is 4.29. The molecule has 0 amide bonds. The molecule has 142 valence electrons. The van der Waals surface area contributed by atoms with Crippen molar-refractivity contribution < 1.29 is 4.74 Å². The number of para-hydroxylation sites is 1. The quantitative estimate of drug-likeness (QED) is 0.420. The first-order chi connectivity index (χ1) is 14.2. The number of hydrogen-bond acceptors (Lipinski definition) is 7. The second kappa shape index (κ2) is 7.10. The van der Waals surface area contributed by atoms with E-state index in [1.807, 2.05) is 54.4 Å². The van der Waals surface area contributed by atoms with E-state index < -0.39 is 0 Å². The number of rotatable bonds is 4. The number of ether oxygens (including phenoxy) is 1. The molecule has 5 aromatic rings. The van der Waals surface area contributed by atoms with Crippen LogP contribution in [-0.4, -0.2) is 34.3 Å². The molecule has 0 atom stereocenters. The molecule has 0 bridgehead atoms. The maximum absolute atomic E-state index is 5.62. The Hall–Kier alpha value is -3.58. The number of aromatic nitrogens is 4. The van der Waals surface area contributed by atoms with Crippen molar-refractivity contribution in [1.82, 2.24) is 20.2 Å². The van der Waals surface area contributed by atoms with E-state index in [9.17, 15) is 0 Å². The average Bonchev–Trinajstić information content (AvgIpc) is 3.22.